The average Bonchev–Trinajstić information content (AvgIpc) is 3.30. The fraction of sp³-hybridized carbons (Fsp3) is 0.632. The molecule has 0 spiro atoms. The number of fused-ring (bicyclic) bond motifs is 1. The first-order chi connectivity index (χ1) is 13.1. The van der Waals surface area contributed by atoms with E-state index < -0.39 is 0 Å². The number of amides is 1. The van der Waals surface area contributed by atoms with Crippen LogP contribution in [-0.2, 0) is 11.8 Å². The first kappa shape index (κ1) is 17.9. The van der Waals surface area contributed by atoms with Crippen molar-refractivity contribution in [3.05, 3.63) is 30.6 Å². The summed E-state index contributed by atoms with van der Waals surface area (Å²) in [6.07, 6.45) is 10.8. The molecule has 1 amide bonds. The van der Waals surface area contributed by atoms with E-state index in [-0.39, 0.29) is 17.9 Å². The van der Waals surface area contributed by atoms with Gasteiger partial charge in [0.25, 0.3) is 0 Å². The Morgan fingerprint density at radius 3 is 2.81 bits per heavy atom. The van der Waals surface area contributed by atoms with Crippen molar-refractivity contribution >= 4 is 11.9 Å². The number of nitrogens with zero attached hydrogens (tertiary/aromatic N) is 6. The molecule has 1 N–H and O–H groups in total. The van der Waals surface area contributed by atoms with E-state index in [9.17, 15) is 4.79 Å². The zero-order chi connectivity index (χ0) is 18.8. The normalized spacial score (nSPS) is 25.9. The molecule has 1 aliphatic carbocycles. The van der Waals surface area contributed by atoms with Crippen molar-refractivity contribution in [2.75, 3.05) is 11.4 Å². The molecule has 0 aromatic carbocycles. The molecule has 2 aromatic heterocycles. The summed E-state index contributed by atoms with van der Waals surface area (Å²) in [6.45, 7) is 2.59. The predicted octanol–water partition coefficient (Wildman–Crippen LogP) is 1.66. The second kappa shape index (κ2) is 7.62. The van der Waals surface area contributed by atoms with Crippen LogP contribution in [0.5, 0.6) is 0 Å². The minimum Gasteiger partial charge on any atom is -0.354 e. The molecule has 8 nitrogen and oxygen atoms in total. The molecule has 144 valence electrons. The molecule has 4 unspecified atom stereocenters. The number of aromatic nitrogens is 5. The lowest BCUT2D eigenvalue weighted by molar-refractivity contribution is -0.122. The van der Waals surface area contributed by atoms with Crippen molar-refractivity contribution in [1.29, 1.82) is 0 Å². The van der Waals surface area contributed by atoms with Crippen LogP contribution in [-0.4, -0.2) is 49.3 Å². The minimum absolute atomic E-state index is 0.0610. The van der Waals surface area contributed by atoms with Crippen molar-refractivity contribution in [3.8, 4) is 0 Å². The average molecular weight is 369 g/mol. The van der Waals surface area contributed by atoms with E-state index >= 15 is 0 Å². The van der Waals surface area contributed by atoms with E-state index in [0.29, 0.717) is 24.5 Å². The Labute approximate surface area is 159 Å². The molecule has 1 saturated carbocycles. The highest BCUT2D eigenvalue weighted by Gasteiger charge is 2.46. The van der Waals surface area contributed by atoms with Crippen LogP contribution in [0.1, 0.15) is 50.8 Å². The van der Waals surface area contributed by atoms with E-state index in [0.717, 1.165) is 18.7 Å². The van der Waals surface area contributed by atoms with Crippen LogP contribution < -0.4 is 10.2 Å². The summed E-state index contributed by atoms with van der Waals surface area (Å²) < 4.78 is 1.89. The van der Waals surface area contributed by atoms with Gasteiger partial charge in [-0.15, -0.1) is 10.2 Å². The number of hydrogen-bond donors (Lipinski definition) is 1. The topological polar surface area (TPSA) is 88.8 Å². The van der Waals surface area contributed by atoms with Crippen LogP contribution in [0.15, 0.2) is 24.8 Å². The molecule has 27 heavy (non-hydrogen) atoms. The summed E-state index contributed by atoms with van der Waals surface area (Å²) in [5.74, 6) is 2.26. The molecule has 0 radical (unpaired) electrons. The van der Waals surface area contributed by atoms with Crippen LogP contribution in [0.3, 0.4) is 0 Å². The smallest absolute Gasteiger partial charge is 0.242 e. The van der Waals surface area contributed by atoms with Gasteiger partial charge in [0.1, 0.15) is 18.2 Å². The second-order valence-electron chi connectivity index (χ2n) is 7.77. The monoisotopic (exact) mass is 369 g/mol. The third-order valence-corrected chi connectivity index (χ3v) is 5.94. The first-order valence-electron chi connectivity index (χ1n) is 9.82. The van der Waals surface area contributed by atoms with E-state index in [4.69, 9.17) is 0 Å². The Morgan fingerprint density at radius 2 is 2.07 bits per heavy atom. The highest BCUT2D eigenvalue weighted by molar-refractivity contribution is 5.85. The quantitative estimate of drug-likeness (QED) is 0.862. The van der Waals surface area contributed by atoms with Gasteiger partial charge in [0, 0.05) is 37.9 Å². The molecule has 0 bridgehead atoms. The Morgan fingerprint density at radius 1 is 1.30 bits per heavy atom. The van der Waals surface area contributed by atoms with E-state index in [1.54, 1.807) is 18.7 Å². The van der Waals surface area contributed by atoms with Crippen LogP contribution in [0, 0.1) is 5.92 Å². The molecular weight excluding hydrogens is 342 g/mol. The Bertz CT molecular complexity index is 777. The maximum absolute atomic E-state index is 13.1. The standard InChI is InChI=1S/C19H27N7O/c1-13(17-24-23-12-25(17)2)11-22-18(27)16-10-14-6-3-4-7-15(14)26(16)19-20-8-5-9-21-19/h5,8-9,12-16H,3-4,6-7,10-11H2,1-2H3,(H,22,27). The van der Waals surface area contributed by atoms with Gasteiger partial charge < -0.3 is 14.8 Å². The summed E-state index contributed by atoms with van der Waals surface area (Å²) in [5.41, 5.74) is 0. The number of rotatable bonds is 5. The predicted molar refractivity (Wildman–Crippen MR) is 101 cm³/mol. The molecule has 1 saturated heterocycles. The number of carbonyl (C=O) groups excluding carboxylic acids is 1. The lowest BCUT2D eigenvalue weighted by Gasteiger charge is -2.33. The molecule has 4 atom stereocenters. The van der Waals surface area contributed by atoms with Crippen molar-refractivity contribution in [1.82, 2.24) is 30.0 Å². The molecule has 4 rings (SSSR count). The fourth-order valence-electron chi connectivity index (χ4n) is 4.61. The molecule has 8 heteroatoms. The van der Waals surface area contributed by atoms with Gasteiger partial charge in [0.15, 0.2) is 0 Å². The van der Waals surface area contributed by atoms with Crippen molar-refractivity contribution in [3.63, 3.8) is 0 Å². The summed E-state index contributed by atoms with van der Waals surface area (Å²) >= 11 is 0. The van der Waals surface area contributed by atoms with Gasteiger partial charge in [-0.05, 0) is 31.2 Å². The summed E-state index contributed by atoms with van der Waals surface area (Å²) in [7, 11) is 1.92. The van der Waals surface area contributed by atoms with Crippen molar-refractivity contribution < 1.29 is 4.79 Å². The van der Waals surface area contributed by atoms with Gasteiger partial charge >= 0.3 is 0 Å². The highest BCUT2D eigenvalue weighted by atomic mass is 16.2. The summed E-state index contributed by atoms with van der Waals surface area (Å²) in [5, 5.41) is 11.2. The van der Waals surface area contributed by atoms with E-state index in [1.165, 1.54) is 19.3 Å². The molecule has 2 aromatic rings. The number of nitrogens with one attached hydrogen (secondary N) is 1. The lowest BCUT2D eigenvalue weighted by Crippen LogP contribution is -2.48. The van der Waals surface area contributed by atoms with Crippen LogP contribution in [0.2, 0.25) is 0 Å². The maximum Gasteiger partial charge on any atom is 0.242 e. The number of aryl methyl sites for hydroxylation is 1. The Kier molecular flexibility index (Phi) is 5.05. The zero-order valence-electron chi connectivity index (χ0n) is 16.0. The third-order valence-electron chi connectivity index (χ3n) is 5.94. The van der Waals surface area contributed by atoms with Crippen molar-refractivity contribution in [2.24, 2.45) is 13.0 Å². The van der Waals surface area contributed by atoms with Gasteiger partial charge in [-0.1, -0.05) is 19.8 Å². The number of carbonyl (C=O) groups is 1. The second-order valence-corrected chi connectivity index (χ2v) is 7.77. The van der Waals surface area contributed by atoms with Crippen LogP contribution in [0.25, 0.3) is 0 Å². The largest absolute Gasteiger partial charge is 0.354 e. The number of hydrogen-bond acceptors (Lipinski definition) is 6. The van der Waals surface area contributed by atoms with Gasteiger partial charge in [0.2, 0.25) is 11.9 Å². The Hall–Kier alpha value is -2.51. The molecule has 3 heterocycles. The van der Waals surface area contributed by atoms with E-state index in [1.807, 2.05) is 17.7 Å². The number of anilines is 1. The highest BCUT2D eigenvalue weighted by Crippen LogP contribution is 2.41. The van der Waals surface area contributed by atoms with Crippen LogP contribution in [0.4, 0.5) is 5.95 Å². The van der Waals surface area contributed by atoms with Crippen LogP contribution >= 0.6 is 0 Å². The zero-order valence-corrected chi connectivity index (χ0v) is 16.0. The lowest BCUT2D eigenvalue weighted by atomic mass is 9.85. The SMILES string of the molecule is CC(CNC(=O)C1CC2CCCCC2N1c1ncccn1)c1nncn1C. The molecule has 2 aliphatic rings. The minimum atomic E-state index is -0.202. The molecular formula is C19H27N7O. The van der Waals surface area contributed by atoms with Gasteiger partial charge in [0.05, 0.1) is 0 Å². The fourth-order valence-corrected chi connectivity index (χ4v) is 4.61. The van der Waals surface area contributed by atoms with Gasteiger partial charge in [-0.3, -0.25) is 4.79 Å². The van der Waals surface area contributed by atoms with Gasteiger partial charge in [-0.2, -0.15) is 0 Å². The summed E-state index contributed by atoms with van der Waals surface area (Å²) in [4.78, 5) is 24.1. The summed E-state index contributed by atoms with van der Waals surface area (Å²) in [6, 6.07) is 1.98. The first-order valence-corrected chi connectivity index (χ1v) is 9.82. The van der Waals surface area contributed by atoms with Crippen molar-refractivity contribution in [2.45, 2.75) is 57.0 Å². The Balaban J connectivity index is 1.48. The van der Waals surface area contributed by atoms with E-state index in [2.05, 4.69) is 37.3 Å². The third kappa shape index (κ3) is 3.52. The maximum atomic E-state index is 13.1. The molecule has 1 aliphatic heterocycles. The van der Waals surface area contributed by atoms with Gasteiger partial charge in [-0.25, -0.2) is 9.97 Å². The molecule has 2 fully saturated rings.